The molecule has 0 aromatic carbocycles. The number of nitrogens with zero attached hydrogens (tertiary/aromatic N) is 3. The first-order chi connectivity index (χ1) is 6.81. The minimum absolute atomic E-state index is 0.357. The van der Waals surface area contributed by atoms with Gasteiger partial charge in [-0.3, -0.25) is 10.1 Å². The van der Waals surface area contributed by atoms with Crippen molar-refractivity contribution in [3.63, 3.8) is 0 Å². The van der Waals surface area contributed by atoms with Gasteiger partial charge in [-0.2, -0.15) is 5.10 Å². The number of nitrogens with two attached hydrogens (primary N) is 1. The van der Waals surface area contributed by atoms with Crippen LogP contribution < -0.4 is 5.73 Å². The molecule has 2 heterocycles. The molecule has 0 saturated carbocycles. The Balaban J connectivity index is 2.44. The predicted molar refractivity (Wildman–Crippen MR) is 55.2 cm³/mol. The molecule has 0 bridgehead atoms. The Hall–Kier alpha value is -1.27. The summed E-state index contributed by atoms with van der Waals surface area (Å²) in [6, 6.07) is 1.84. The van der Waals surface area contributed by atoms with Gasteiger partial charge >= 0.3 is 0 Å². The van der Waals surface area contributed by atoms with Crippen LogP contribution in [-0.4, -0.2) is 20.2 Å². The summed E-state index contributed by atoms with van der Waals surface area (Å²) in [5.74, 6) is 1.29. The summed E-state index contributed by atoms with van der Waals surface area (Å²) in [5.41, 5.74) is 6.32. The van der Waals surface area contributed by atoms with Crippen molar-refractivity contribution in [3.05, 3.63) is 28.8 Å². The van der Waals surface area contributed by atoms with Gasteiger partial charge in [0.15, 0.2) is 5.82 Å². The van der Waals surface area contributed by atoms with Gasteiger partial charge in [0.25, 0.3) is 0 Å². The molecular weight excluding hydrogens is 246 g/mol. The van der Waals surface area contributed by atoms with Crippen LogP contribution in [0.25, 0.3) is 11.4 Å². The molecule has 2 rings (SSSR count). The fraction of sp³-hybridized carbons (Fsp3) is 0.125. The summed E-state index contributed by atoms with van der Waals surface area (Å²) in [7, 11) is 0. The van der Waals surface area contributed by atoms with Crippen molar-refractivity contribution in [2.24, 2.45) is 5.73 Å². The van der Waals surface area contributed by atoms with E-state index < -0.39 is 0 Å². The highest BCUT2D eigenvalue weighted by atomic mass is 79.9. The molecule has 0 aliphatic rings. The summed E-state index contributed by atoms with van der Waals surface area (Å²) in [6.07, 6.45) is 3.40. The van der Waals surface area contributed by atoms with Crippen LogP contribution in [0.5, 0.6) is 0 Å². The molecular formula is C8H8BrN5. The van der Waals surface area contributed by atoms with Gasteiger partial charge in [0, 0.05) is 22.4 Å². The van der Waals surface area contributed by atoms with Crippen LogP contribution in [0.15, 0.2) is 22.9 Å². The number of aromatic nitrogens is 4. The maximum atomic E-state index is 5.42. The Morgan fingerprint density at radius 3 is 3.00 bits per heavy atom. The molecule has 0 atom stereocenters. The maximum Gasteiger partial charge on any atom is 0.182 e. The van der Waals surface area contributed by atoms with Crippen LogP contribution in [0.1, 0.15) is 5.82 Å². The molecule has 5 nitrogen and oxygen atoms in total. The zero-order chi connectivity index (χ0) is 9.97. The highest BCUT2D eigenvalue weighted by Crippen LogP contribution is 2.23. The summed E-state index contributed by atoms with van der Waals surface area (Å²) < 4.78 is 0.863. The van der Waals surface area contributed by atoms with E-state index in [2.05, 4.69) is 36.1 Å². The number of hydrogen-bond donors (Lipinski definition) is 2. The lowest BCUT2D eigenvalue weighted by Crippen LogP contribution is -1.97. The Morgan fingerprint density at radius 2 is 2.36 bits per heavy atom. The molecule has 0 unspecified atom stereocenters. The second kappa shape index (κ2) is 3.85. The summed E-state index contributed by atoms with van der Waals surface area (Å²) in [4.78, 5) is 8.17. The van der Waals surface area contributed by atoms with Crippen molar-refractivity contribution in [1.29, 1.82) is 0 Å². The van der Waals surface area contributed by atoms with E-state index in [1.807, 2.05) is 6.07 Å². The fourth-order valence-corrected chi connectivity index (χ4v) is 1.49. The third-order valence-electron chi connectivity index (χ3n) is 1.74. The van der Waals surface area contributed by atoms with Gasteiger partial charge in [0.2, 0.25) is 0 Å². The van der Waals surface area contributed by atoms with Gasteiger partial charge in [-0.25, -0.2) is 4.98 Å². The van der Waals surface area contributed by atoms with Crippen molar-refractivity contribution >= 4 is 15.9 Å². The Labute approximate surface area is 88.9 Å². The molecule has 2 aromatic heterocycles. The predicted octanol–water partition coefficient (Wildman–Crippen LogP) is 1.09. The zero-order valence-corrected chi connectivity index (χ0v) is 8.82. The number of H-pyrrole nitrogens is 1. The first-order valence-corrected chi connectivity index (χ1v) is 4.82. The Bertz CT molecular complexity index is 439. The number of rotatable bonds is 2. The third kappa shape index (κ3) is 1.66. The molecule has 14 heavy (non-hydrogen) atoms. The summed E-state index contributed by atoms with van der Waals surface area (Å²) in [6.45, 7) is 0.357. The quantitative estimate of drug-likeness (QED) is 0.840. The van der Waals surface area contributed by atoms with Gasteiger partial charge in [-0.05, 0) is 22.0 Å². The first kappa shape index (κ1) is 9.29. The monoisotopic (exact) mass is 253 g/mol. The Morgan fingerprint density at radius 1 is 1.50 bits per heavy atom. The average molecular weight is 254 g/mol. The number of aromatic amines is 1. The second-order valence-corrected chi connectivity index (χ2v) is 3.52. The van der Waals surface area contributed by atoms with Crippen molar-refractivity contribution < 1.29 is 0 Å². The van der Waals surface area contributed by atoms with Gasteiger partial charge in [-0.15, -0.1) is 0 Å². The molecule has 0 radical (unpaired) electrons. The molecule has 2 aromatic rings. The van der Waals surface area contributed by atoms with Crippen LogP contribution in [-0.2, 0) is 6.54 Å². The van der Waals surface area contributed by atoms with Crippen LogP contribution in [0.4, 0.5) is 0 Å². The van der Waals surface area contributed by atoms with Crippen molar-refractivity contribution in [3.8, 4) is 11.4 Å². The molecule has 6 heteroatoms. The van der Waals surface area contributed by atoms with Crippen LogP contribution in [0, 0.1) is 0 Å². The van der Waals surface area contributed by atoms with E-state index in [4.69, 9.17) is 5.73 Å². The minimum Gasteiger partial charge on any atom is -0.324 e. The average Bonchev–Trinajstić information content (AvgIpc) is 2.67. The third-order valence-corrected chi connectivity index (χ3v) is 2.37. The molecule has 0 aliphatic heterocycles. The summed E-state index contributed by atoms with van der Waals surface area (Å²) >= 11 is 3.38. The smallest absolute Gasteiger partial charge is 0.182 e. The second-order valence-electron chi connectivity index (χ2n) is 2.67. The van der Waals surface area contributed by atoms with Gasteiger partial charge in [-0.1, -0.05) is 0 Å². The zero-order valence-electron chi connectivity index (χ0n) is 7.24. The van der Waals surface area contributed by atoms with E-state index in [-0.39, 0.29) is 0 Å². The van der Waals surface area contributed by atoms with E-state index in [9.17, 15) is 0 Å². The van der Waals surface area contributed by atoms with E-state index >= 15 is 0 Å². The van der Waals surface area contributed by atoms with Crippen molar-refractivity contribution in [1.82, 2.24) is 20.2 Å². The van der Waals surface area contributed by atoms with Crippen LogP contribution >= 0.6 is 15.9 Å². The largest absolute Gasteiger partial charge is 0.324 e. The molecule has 0 saturated heterocycles. The maximum absolute atomic E-state index is 5.42. The molecule has 3 N–H and O–H groups in total. The highest BCUT2D eigenvalue weighted by Gasteiger charge is 2.07. The Kier molecular flexibility index (Phi) is 2.55. The normalized spacial score (nSPS) is 10.4. The SMILES string of the molecule is NCc1nc(-c2ccncc2Br)n[nH]1. The first-order valence-electron chi connectivity index (χ1n) is 4.02. The van der Waals surface area contributed by atoms with E-state index in [0.29, 0.717) is 18.2 Å². The van der Waals surface area contributed by atoms with E-state index in [0.717, 1.165) is 10.0 Å². The van der Waals surface area contributed by atoms with E-state index in [1.54, 1.807) is 12.4 Å². The van der Waals surface area contributed by atoms with E-state index in [1.165, 1.54) is 0 Å². The lowest BCUT2D eigenvalue weighted by molar-refractivity contribution is 0.917. The molecule has 0 fully saturated rings. The van der Waals surface area contributed by atoms with Gasteiger partial charge < -0.3 is 5.73 Å². The number of pyridine rings is 1. The summed E-state index contributed by atoms with van der Waals surface area (Å²) in [5, 5.41) is 6.80. The van der Waals surface area contributed by atoms with Crippen LogP contribution in [0.2, 0.25) is 0 Å². The number of halogens is 1. The van der Waals surface area contributed by atoms with Crippen molar-refractivity contribution in [2.45, 2.75) is 6.54 Å². The number of hydrogen-bond acceptors (Lipinski definition) is 4. The highest BCUT2D eigenvalue weighted by molar-refractivity contribution is 9.10. The number of nitrogens with one attached hydrogen (secondary N) is 1. The topological polar surface area (TPSA) is 80.5 Å². The van der Waals surface area contributed by atoms with Crippen molar-refractivity contribution in [2.75, 3.05) is 0 Å². The van der Waals surface area contributed by atoms with Gasteiger partial charge in [0.1, 0.15) is 5.82 Å². The lowest BCUT2D eigenvalue weighted by Gasteiger charge is -1.96. The molecule has 72 valence electrons. The minimum atomic E-state index is 0.357. The molecule has 0 spiro atoms. The molecule has 0 amide bonds. The van der Waals surface area contributed by atoms with Gasteiger partial charge in [0.05, 0.1) is 6.54 Å². The molecule has 0 aliphatic carbocycles. The van der Waals surface area contributed by atoms with Crippen LogP contribution in [0.3, 0.4) is 0 Å². The lowest BCUT2D eigenvalue weighted by atomic mass is 10.2. The fourth-order valence-electron chi connectivity index (χ4n) is 1.06. The standard InChI is InChI=1S/C8H8BrN5/c9-6-4-11-2-1-5(6)8-12-7(3-10)13-14-8/h1-2,4H,3,10H2,(H,12,13,14).